The molecule has 1 amide bonds. The molecular weight excluding hydrogens is 202 g/mol. The number of amides is 1. The largest absolute Gasteiger partial charge is 0.391 e. The molecule has 1 N–H and O–H groups in total. The molecule has 3 heteroatoms. The van der Waals surface area contributed by atoms with E-state index in [0.717, 1.165) is 25.3 Å². The zero-order valence-corrected chi connectivity index (χ0v) is 9.93. The van der Waals surface area contributed by atoms with Gasteiger partial charge in [0.05, 0.1) is 6.10 Å². The SMILES string of the molecule is CC1CCN(C(=O)C2CC2C2CC2)CC1O. The van der Waals surface area contributed by atoms with Crippen molar-refractivity contribution in [3.8, 4) is 0 Å². The minimum Gasteiger partial charge on any atom is -0.391 e. The zero-order chi connectivity index (χ0) is 11.3. The van der Waals surface area contributed by atoms with Gasteiger partial charge in [-0.3, -0.25) is 4.79 Å². The minimum absolute atomic E-state index is 0.309. The first-order chi connectivity index (χ1) is 7.66. The van der Waals surface area contributed by atoms with Gasteiger partial charge in [0.25, 0.3) is 0 Å². The van der Waals surface area contributed by atoms with Crippen LogP contribution in [-0.2, 0) is 4.79 Å². The Morgan fingerprint density at radius 3 is 2.69 bits per heavy atom. The van der Waals surface area contributed by atoms with Crippen molar-refractivity contribution in [3.63, 3.8) is 0 Å². The Morgan fingerprint density at radius 2 is 2.06 bits per heavy atom. The smallest absolute Gasteiger partial charge is 0.226 e. The van der Waals surface area contributed by atoms with E-state index in [2.05, 4.69) is 6.92 Å². The second kappa shape index (κ2) is 3.73. The molecule has 1 heterocycles. The molecule has 4 unspecified atom stereocenters. The van der Waals surface area contributed by atoms with Crippen LogP contribution < -0.4 is 0 Å². The standard InChI is InChI=1S/C13H21NO2/c1-8-4-5-14(7-12(8)15)13(16)11-6-10(11)9-2-3-9/h8-12,15H,2-7H2,1H3. The third-order valence-electron chi connectivity index (χ3n) is 4.61. The Hall–Kier alpha value is -0.570. The van der Waals surface area contributed by atoms with E-state index < -0.39 is 0 Å². The number of hydrogen-bond donors (Lipinski definition) is 1. The van der Waals surface area contributed by atoms with E-state index in [4.69, 9.17) is 0 Å². The lowest BCUT2D eigenvalue weighted by atomic mass is 9.95. The summed E-state index contributed by atoms with van der Waals surface area (Å²) in [5, 5.41) is 9.79. The van der Waals surface area contributed by atoms with Crippen LogP contribution in [0.15, 0.2) is 0 Å². The van der Waals surface area contributed by atoms with Crippen molar-refractivity contribution in [2.24, 2.45) is 23.7 Å². The second-order valence-electron chi connectivity index (χ2n) is 5.96. The van der Waals surface area contributed by atoms with Gasteiger partial charge in [0.2, 0.25) is 5.91 Å². The highest BCUT2D eigenvalue weighted by atomic mass is 16.3. The Bertz CT molecular complexity index is 300. The van der Waals surface area contributed by atoms with Gasteiger partial charge in [-0.25, -0.2) is 0 Å². The van der Waals surface area contributed by atoms with Crippen LogP contribution in [0.25, 0.3) is 0 Å². The van der Waals surface area contributed by atoms with Gasteiger partial charge in [-0.05, 0) is 43.4 Å². The van der Waals surface area contributed by atoms with Crippen LogP contribution in [0, 0.1) is 23.7 Å². The van der Waals surface area contributed by atoms with Gasteiger partial charge in [-0.1, -0.05) is 6.92 Å². The summed E-state index contributed by atoms with van der Waals surface area (Å²) in [6.45, 7) is 3.48. The number of likely N-dealkylation sites (tertiary alicyclic amines) is 1. The van der Waals surface area contributed by atoms with Crippen LogP contribution in [0.2, 0.25) is 0 Å². The van der Waals surface area contributed by atoms with Crippen molar-refractivity contribution in [3.05, 3.63) is 0 Å². The van der Waals surface area contributed by atoms with Crippen molar-refractivity contribution >= 4 is 5.91 Å². The molecule has 1 aliphatic heterocycles. The molecule has 4 atom stereocenters. The lowest BCUT2D eigenvalue weighted by Crippen LogP contribution is -2.46. The number of hydrogen-bond acceptors (Lipinski definition) is 2. The van der Waals surface area contributed by atoms with Gasteiger partial charge in [0, 0.05) is 19.0 Å². The van der Waals surface area contributed by atoms with Gasteiger partial charge < -0.3 is 10.0 Å². The fourth-order valence-corrected chi connectivity index (χ4v) is 3.03. The third-order valence-corrected chi connectivity index (χ3v) is 4.61. The predicted molar refractivity (Wildman–Crippen MR) is 60.7 cm³/mol. The molecule has 3 nitrogen and oxygen atoms in total. The summed E-state index contributed by atoms with van der Waals surface area (Å²) in [4.78, 5) is 14.1. The minimum atomic E-state index is -0.309. The van der Waals surface area contributed by atoms with E-state index >= 15 is 0 Å². The maximum Gasteiger partial charge on any atom is 0.226 e. The third kappa shape index (κ3) is 1.86. The normalized spacial score (nSPS) is 43.2. The Balaban J connectivity index is 1.55. The molecule has 0 bridgehead atoms. The van der Waals surface area contributed by atoms with Crippen molar-refractivity contribution in [1.82, 2.24) is 4.90 Å². The molecule has 0 spiro atoms. The zero-order valence-electron chi connectivity index (χ0n) is 9.93. The van der Waals surface area contributed by atoms with Gasteiger partial charge in [-0.2, -0.15) is 0 Å². The highest BCUT2D eigenvalue weighted by Gasteiger charge is 2.52. The monoisotopic (exact) mass is 223 g/mol. The number of piperidine rings is 1. The van der Waals surface area contributed by atoms with Crippen molar-refractivity contribution in [2.75, 3.05) is 13.1 Å². The van der Waals surface area contributed by atoms with Crippen molar-refractivity contribution in [1.29, 1.82) is 0 Å². The molecule has 16 heavy (non-hydrogen) atoms. The summed E-state index contributed by atoms with van der Waals surface area (Å²) in [5.74, 6) is 2.55. The predicted octanol–water partition coefficient (Wildman–Crippen LogP) is 1.26. The number of carbonyl (C=O) groups is 1. The van der Waals surface area contributed by atoms with Gasteiger partial charge in [0.1, 0.15) is 0 Å². The first kappa shape index (κ1) is 10.6. The quantitative estimate of drug-likeness (QED) is 0.765. The Kier molecular flexibility index (Phi) is 2.46. The molecule has 1 saturated heterocycles. The summed E-state index contributed by atoms with van der Waals surface area (Å²) in [6, 6.07) is 0. The van der Waals surface area contributed by atoms with Gasteiger partial charge in [0.15, 0.2) is 0 Å². The van der Waals surface area contributed by atoms with E-state index in [-0.39, 0.29) is 6.10 Å². The number of carbonyl (C=O) groups excluding carboxylic acids is 1. The fourth-order valence-electron chi connectivity index (χ4n) is 3.03. The van der Waals surface area contributed by atoms with E-state index in [9.17, 15) is 9.90 Å². The highest BCUT2D eigenvalue weighted by molar-refractivity contribution is 5.82. The Morgan fingerprint density at radius 1 is 1.31 bits per heavy atom. The highest BCUT2D eigenvalue weighted by Crippen LogP contribution is 2.55. The maximum atomic E-state index is 12.2. The summed E-state index contributed by atoms with van der Waals surface area (Å²) >= 11 is 0. The van der Waals surface area contributed by atoms with E-state index in [0.29, 0.717) is 30.2 Å². The summed E-state index contributed by atoms with van der Waals surface area (Å²) in [6.07, 6.45) is 4.44. The van der Waals surface area contributed by atoms with Crippen LogP contribution >= 0.6 is 0 Å². The summed E-state index contributed by atoms with van der Waals surface area (Å²) in [7, 11) is 0. The maximum absolute atomic E-state index is 12.2. The molecule has 2 saturated carbocycles. The van der Waals surface area contributed by atoms with Crippen LogP contribution in [0.3, 0.4) is 0 Å². The van der Waals surface area contributed by atoms with Crippen molar-refractivity contribution in [2.45, 2.75) is 38.7 Å². The van der Waals surface area contributed by atoms with Gasteiger partial charge >= 0.3 is 0 Å². The van der Waals surface area contributed by atoms with E-state index in [1.54, 1.807) is 0 Å². The number of aliphatic hydroxyl groups is 1. The van der Waals surface area contributed by atoms with Gasteiger partial charge in [-0.15, -0.1) is 0 Å². The average Bonchev–Trinajstić information content (AvgIpc) is 3.13. The molecule has 3 rings (SSSR count). The summed E-state index contributed by atoms with van der Waals surface area (Å²) in [5.41, 5.74) is 0. The Labute approximate surface area is 96.8 Å². The molecule has 90 valence electrons. The van der Waals surface area contributed by atoms with E-state index in [1.807, 2.05) is 4.90 Å². The molecule has 0 radical (unpaired) electrons. The number of nitrogens with zero attached hydrogens (tertiary/aromatic N) is 1. The topological polar surface area (TPSA) is 40.5 Å². The molecule has 3 fully saturated rings. The number of aliphatic hydroxyl groups excluding tert-OH is 1. The lowest BCUT2D eigenvalue weighted by Gasteiger charge is -2.34. The summed E-state index contributed by atoms with van der Waals surface area (Å²) < 4.78 is 0. The van der Waals surface area contributed by atoms with Crippen molar-refractivity contribution < 1.29 is 9.90 Å². The molecule has 0 aromatic carbocycles. The molecule has 2 aliphatic carbocycles. The molecule has 0 aromatic rings. The molecule has 3 aliphatic rings. The number of rotatable bonds is 2. The fraction of sp³-hybridized carbons (Fsp3) is 0.923. The van der Waals surface area contributed by atoms with E-state index in [1.165, 1.54) is 12.8 Å². The van der Waals surface area contributed by atoms with Crippen LogP contribution in [0.5, 0.6) is 0 Å². The first-order valence-electron chi connectivity index (χ1n) is 6.63. The van der Waals surface area contributed by atoms with Crippen LogP contribution in [-0.4, -0.2) is 35.1 Å². The van der Waals surface area contributed by atoms with Crippen LogP contribution in [0.1, 0.15) is 32.6 Å². The number of β-amino-alcohol motifs (C(OH)–C–C–N with tert-alkyl or cyclic N) is 1. The average molecular weight is 223 g/mol. The first-order valence-corrected chi connectivity index (χ1v) is 6.63. The lowest BCUT2D eigenvalue weighted by molar-refractivity contribution is -0.137. The second-order valence-corrected chi connectivity index (χ2v) is 5.96. The molecular formula is C13H21NO2. The van der Waals surface area contributed by atoms with Crippen LogP contribution in [0.4, 0.5) is 0 Å². The molecule has 0 aromatic heterocycles.